The van der Waals surface area contributed by atoms with Gasteiger partial charge in [-0.1, -0.05) is 43.7 Å². The lowest BCUT2D eigenvalue weighted by molar-refractivity contribution is -0.132. The summed E-state index contributed by atoms with van der Waals surface area (Å²) < 4.78 is 0. The highest BCUT2D eigenvalue weighted by Crippen LogP contribution is 2.49. The Bertz CT molecular complexity index is 895. The lowest BCUT2D eigenvalue weighted by Gasteiger charge is -2.34. The average Bonchev–Trinajstić information content (AvgIpc) is 3.16. The van der Waals surface area contributed by atoms with E-state index in [0.29, 0.717) is 13.0 Å². The zero-order valence-electron chi connectivity index (χ0n) is 15.4. The molecule has 0 unspecified atom stereocenters. The molecule has 1 spiro atoms. The number of fused-ring (bicyclic) bond motifs is 2. The van der Waals surface area contributed by atoms with Crippen LogP contribution >= 0.6 is 0 Å². The van der Waals surface area contributed by atoms with Gasteiger partial charge in [-0.2, -0.15) is 0 Å². The van der Waals surface area contributed by atoms with Gasteiger partial charge in [-0.15, -0.1) is 0 Å². The van der Waals surface area contributed by atoms with Crippen molar-refractivity contribution in [3.05, 3.63) is 59.7 Å². The molecule has 0 aromatic heterocycles. The summed E-state index contributed by atoms with van der Waals surface area (Å²) in [7, 11) is 0. The molecule has 5 heteroatoms. The third kappa shape index (κ3) is 2.78. The smallest absolute Gasteiger partial charge is 0.237 e. The number of anilines is 1. The highest BCUT2D eigenvalue weighted by atomic mass is 16.3. The van der Waals surface area contributed by atoms with Crippen LogP contribution in [-0.4, -0.2) is 34.4 Å². The Balaban J connectivity index is 1.66. The Morgan fingerprint density at radius 3 is 2.85 bits per heavy atom. The van der Waals surface area contributed by atoms with Gasteiger partial charge >= 0.3 is 0 Å². The molecular weight excluding hydrogens is 340 g/mol. The van der Waals surface area contributed by atoms with Crippen molar-refractivity contribution in [3.8, 4) is 5.75 Å². The van der Waals surface area contributed by atoms with Crippen LogP contribution in [0.5, 0.6) is 5.75 Å². The molecule has 0 radical (unpaired) electrons. The standard InChI is InChI=1S/C22H24N2O3/c1-2-6-19-22(17-9-3-4-10-18(17)23-21(22)27)11-12-24(19)20(26)14-15-7-5-8-16(25)13-15/h3-5,7-10,13,19,25H,2,6,11-12,14H2,1H3,(H,23,27)/t19-,22+/m0/s1. The maximum atomic E-state index is 13.1. The fraction of sp³-hybridized carbons (Fsp3) is 0.364. The number of carbonyl (C=O) groups excluding carboxylic acids is 2. The van der Waals surface area contributed by atoms with E-state index >= 15 is 0 Å². The lowest BCUT2D eigenvalue weighted by Crippen LogP contribution is -2.49. The molecule has 2 aromatic carbocycles. The van der Waals surface area contributed by atoms with E-state index in [9.17, 15) is 14.7 Å². The number of hydrogen-bond donors (Lipinski definition) is 2. The van der Waals surface area contributed by atoms with Gasteiger partial charge in [0.1, 0.15) is 5.75 Å². The summed E-state index contributed by atoms with van der Waals surface area (Å²) in [5.41, 5.74) is 2.01. The molecule has 4 rings (SSSR count). The van der Waals surface area contributed by atoms with E-state index in [0.717, 1.165) is 29.7 Å². The molecule has 2 N–H and O–H groups in total. The number of likely N-dealkylation sites (tertiary alicyclic amines) is 1. The van der Waals surface area contributed by atoms with Crippen LogP contribution in [0.1, 0.15) is 37.3 Å². The number of aromatic hydroxyl groups is 1. The Kier molecular flexibility index (Phi) is 4.38. The zero-order valence-corrected chi connectivity index (χ0v) is 15.4. The summed E-state index contributed by atoms with van der Waals surface area (Å²) in [4.78, 5) is 28.0. The largest absolute Gasteiger partial charge is 0.508 e. The number of phenols is 1. The van der Waals surface area contributed by atoms with E-state index in [4.69, 9.17) is 0 Å². The number of para-hydroxylation sites is 1. The van der Waals surface area contributed by atoms with E-state index < -0.39 is 5.41 Å². The zero-order chi connectivity index (χ0) is 19.0. The minimum atomic E-state index is -0.652. The van der Waals surface area contributed by atoms with Crippen molar-refractivity contribution in [3.63, 3.8) is 0 Å². The van der Waals surface area contributed by atoms with Gasteiger partial charge in [-0.05, 0) is 42.2 Å². The van der Waals surface area contributed by atoms with Crippen molar-refractivity contribution in [1.82, 2.24) is 4.90 Å². The van der Waals surface area contributed by atoms with Gasteiger partial charge in [0.25, 0.3) is 0 Å². The number of benzene rings is 2. The Morgan fingerprint density at radius 2 is 2.07 bits per heavy atom. The van der Waals surface area contributed by atoms with E-state index in [2.05, 4.69) is 12.2 Å². The fourth-order valence-corrected chi connectivity index (χ4v) is 4.72. The Morgan fingerprint density at radius 1 is 1.26 bits per heavy atom. The molecule has 1 saturated heterocycles. The third-order valence-corrected chi connectivity index (χ3v) is 5.90. The van der Waals surface area contributed by atoms with Crippen LogP contribution in [-0.2, 0) is 21.4 Å². The van der Waals surface area contributed by atoms with Gasteiger partial charge < -0.3 is 15.3 Å². The summed E-state index contributed by atoms with van der Waals surface area (Å²) in [6.45, 7) is 2.66. The summed E-state index contributed by atoms with van der Waals surface area (Å²) >= 11 is 0. The van der Waals surface area contributed by atoms with Crippen LogP contribution in [0, 0.1) is 0 Å². The molecule has 0 bridgehead atoms. The first-order chi connectivity index (χ1) is 13.1. The minimum Gasteiger partial charge on any atom is -0.508 e. The minimum absolute atomic E-state index is 0.00751. The number of phenolic OH excluding ortho intramolecular Hbond substituents is 1. The lowest BCUT2D eigenvalue weighted by atomic mass is 9.73. The predicted molar refractivity (Wildman–Crippen MR) is 104 cm³/mol. The van der Waals surface area contributed by atoms with Crippen LogP contribution in [0.2, 0.25) is 0 Å². The van der Waals surface area contributed by atoms with Crippen LogP contribution in [0.3, 0.4) is 0 Å². The Labute approximate surface area is 159 Å². The summed E-state index contributed by atoms with van der Waals surface area (Å²) in [6.07, 6.45) is 2.56. The summed E-state index contributed by atoms with van der Waals surface area (Å²) in [6, 6.07) is 14.5. The number of nitrogens with one attached hydrogen (secondary N) is 1. The monoisotopic (exact) mass is 364 g/mol. The second-order valence-corrected chi connectivity index (χ2v) is 7.46. The summed E-state index contributed by atoms with van der Waals surface area (Å²) in [5, 5.41) is 12.7. The van der Waals surface area contributed by atoms with Crippen molar-refractivity contribution in [1.29, 1.82) is 0 Å². The van der Waals surface area contributed by atoms with E-state index in [-0.39, 0.29) is 30.0 Å². The van der Waals surface area contributed by atoms with Crippen molar-refractivity contribution < 1.29 is 14.7 Å². The van der Waals surface area contributed by atoms with Crippen LogP contribution < -0.4 is 5.32 Å². The maximum absolute atomic E-state index is 13.1. The SMILES string of the molecule is CCC[C@@H]1N(C(=O)Cc2cccc(O)c2)CC[C@]12C(=O)Nc1ccccc12. The maximum Gasteiger partial charge on any atom is 0.237 e. The van der Waals surface area contributed by atoms with Crippen LogP contribution in [0.25, 0.3) is 0 Å². The number of nitrogens with zero attached hydrogens (tertiary/aromatic N) is 1. The van der Waals surface area contributed by atoms with Crippen molar-refractivity contribution >= 4 is 17.5 Å². The summed E-state index contributed by atoms with van der Waals surface area (Å²) in [5.74, 6) is 0.176. The Hall–Kier alpha value is -2.82. The predicted octanol–water partition coefficient (Wildman–Crippen LogP) is 3.23. The first-order valence-corrected chi connectivity index (χ1v) is 9.54. The molecule has 27 heavy (non-hydrogen) atoms. The molecule has 0 aliphatic carbocycles. The molecule has 140 valence electrons. The normalized spacial score (nSPS) is 23.5. The van der Waals surface area contributed by atoms with Gasteiger partial charge in [-0.25, -0.2) is 0 Å². The second kappa shape index (κ2) is 6.72. The number of amides is 2. The van der Waals surface area contributed by atoms with Gasteiger partial charge in [0.15, 0.2) is 0 Å². The highest BCUT2D eigenvalue weighted by molar-refractivity contribution is 6.07. The molecule has 2 amide bonds. The van der Waals surface area contributed by atoms with E-state index in [1.165, 1.54) is 0 Å². The number of carbonyl (C=O) groups is 2. The first-order valence-electron chi connectivity index (χ1n) is 9.54. The molecule has 2 heterocycles. The van der Waals surface area contributed by atoms with Crippen molar-refractivity contribution in [2.24, 2.45) is 0 Å². The highest BCUT2D eigenvalue weighted by Gasteiger charge is 2.58. The van der Waals surface area contributed by atoms with E-state index in [1.807, 2.05) is 35.2 Å². The van der Waals surface area contributed by atoms with Crippen LogP contribution in [0.15, 0.2) is 48.5 Å². The fourth-order valence-electron chi connectivity index (χ4n) is 4.72. The molecule has 2 aromatic rings. The second-order valence-electron chi connectivity index (χ2n) is 7.46. The van der Waals surface area contributed by atoms with Crippen LogP contribution in [0.4, 0.5) is 5.69 Å². The first kappa shape index (κ1) is 17.6. The molecule has 2 atom stereocenters. The van der Waals surface area contributed by atoms with E-state index in [1.54, 1.807) is 18.2 Å². The van der Waals surface area contributed by atoms with Gasteiger partial charge in [0.2, 0.25) is 11.8 Å². The molecule has 2 aliphatic rings. The number of rotatable bonds is 4. The molecule has 2 aliphatic heterocycles. The quantitative estimate of drug-likeness (QED) is 0.875. The van der Waals surface area contributed by atoms with Gasteiger partial charge in [0.05, 0.1) is 17.9 Å². The van der Waals surface area contributed by atoms with Gasteiger partial charge in [0, 0.05) is 12.2 Å². The number of hydrogen-bond acceptors (Lipinski definition) is 3. The third-order valence-electron chi connectivity index (χ3n) is 5.90. The molecular formula is C22H24N2O3. The molecule has 0 saturated carbocycles. The van der Waals surface area contributed by atoms with Gasteiger partial charge in [-0.3, -0.25) is 9.59 Å². The average molecular weight is 364 g/mol. The topological polar surface area (TPSA) is 69.6 Å². The molecule has 1 fully saturated rings. The molecule has 5 nitrogen and oxygen atoms in total. The van der Waals surface area contributed by atoms with Crippen molar-refractivity contribution in [2.45, 2.75) is 44.1 Å². The van der Waals surface area contributed by atoms with Crippen molar-refractivity contribution in [2.75, 3.05) is 11.9 Å².